The molecule has 10 nitrogen and oxygen atoms in total. The minimum absolute atomic E-state index is 0.313. The normalized spacial score (nSPS) is 11.0. The summed E-state index contributed by atoms with van der Waals surface area (Å²) in [5.41, 5.74) is 29.6. The van der Waals surface area contributed by atoms with Gasteiger partial charge >= 0.3 is 11.4 Å². The molecule has 0 atom stereocenters. The molecule has 11 heteroatoms. The number of rotatable bonds is 9. The number of aromatic nitrogens is 6. The first-order valence-electron chi connectivity index (χ1n) is 16.6. The second-order valence-corrected chi connectivity index (χ2v) is 18.1. The lowest BCUT2D eigenvalue weighted by molar-refractivity contribution is -0.00289. The van der Waals surface area contributed by atoms with Crippen molar-refractivity contribution >= 4 is 24.7 Å². The van der Waals surface area contributed by atoms with Crippen LogP contribution in [-0.2, 0) is 0 Å². The van der Waals surface area contributed by atoms with Crippen LogP contribution in [0.3, 0.4) is 0 Å². The summed E-state index contributed by atoms with van der Waals surface area (Å²) in [7, 11) is -2.01. The predicted molar refractivity (Wildman–Crippen MR) is 204 cm³/mol. The predicted octanol–water partition coefficient (Wildman–Crippen LogP) is 7.40. The molecule has 7 rings (SSSR count). The molecule has 0 saturated carbocycles. The van der Waals surface area contributed by atoms with E-state index >= 15 is 0 Å². The number of pyridine rings is 6. The van der Waals surface area contributed by atoms with Crippen molar-refractivity contribution in [3.05, 3.63) is 173 Å². The minimum Gasteiger partial charge on any atom is -0.361 e. The smallest absolute Gasteiger partial charge is 0.329 e. The molecule has 0 fully saturated rings. The molecule has 0 amide bonds. The van der Waals surface area contributed by atoms with Gasteiger partial charge in [-0.3, -0.25) is 19.9 Å². The number of hydrogen-bond donors (Lipinski definition) is 0. The van der Waals surface area contributed by atoms with Gasteiger partial charge in [-0.15, -0.1) is 0 Å². The highest BCUT2D eigenvalue weighted by atomic mass is 28.3. The highest BCUT2D eigenvalue weighted by Gasteiger charge is 2.28. The van der Waals surface area contributed by atoms with E-state index in [1.54, 1.807) is 24.8 Å². The van der Waals surface area contributed by atoms with Crippen molar-refractivity contribution in [2.24, 2.45) is 0 Å². The van der Waals surface area contributed by atoms with E-state index in [4.69, 9.17) is 9.97 Å². The monoisotopic (exact) mass is 692 g/mol. The van der Waals surface area contributed by atoms with Crippen molar-refractivity contribution in [1.29, 1.82) is 0 Å². The fraction of sp³-hybridized carbons (Fsp3) is 0.0732. The van der Waals surface area contributed by atoms with E-state index in [2.05, 4.69) is 49.2 Å². The van der Waals surface area contributed by atoms with Crippen molar-refractivity contribution in [3.8, 4) is 45.6 Å². The molecule has 0 aliphatic heterocycles. The first-order valence-corrected chi connectivity index (χ1v) is 20.1. The van der Waals surface area contributed by atoms with Crippen molar-refractivity contribution in [3.63, 3.8) is 0 Å². The molecule has 0 radical (unpaired) electrons. The van der Waals surface area contributed by atoms with Gasteiger partial charge in [0.05, 0.1) is 75.9 Å². The molecule has 1 aromatic carbocycles. The second-order valence-electron chi connectivity index (χ2n) is 13.1. The molecule has 0 N–H and O–H groups in total. The lowest BCUT2D eigenvalue weighted by Crippen LogP contribution is -2.38. The van der Waals surface area contributed by atoms with Crippen molar-refractivity contribution < 1.29 is 9.58 Å². The van der Waals surface area contributed by atoms with Crippen LogP contribution in [0, 0.1) is 0 Å². The second kappa shape index (κ2) is 14.5. The van der Waals surface area contributed by atoms with Gasteiger partial charge in [-0.2, -0.15) is 9.58 Å². The summed E-state index contributed by atoms with van der Waals surface area (Å²) in [6.07, 6.45) is 6.84. The summed E-state index contributed by atoms with van der Waals surface area (Å²) in [4.78, 5) is 35.6. The minimum atomic E-state index is -2.01. The van der Waals surface area contributed by atoms with Crippen LogP contribution in [0.2, 0.25) is 19.6 Å². The summed E-state index contributed by atoms with van der Waals surface area (Å²) in [6.45, 7) is 6.70. The molecule has 6 aromatic heterocycles. The van der Waals surface area contributed by atoms with Crippen LogP contribution >= 0.6 is 0 Å². The van der Waals surface area contributed by atoms with E-state index in [1.165, 1.54) is 0 Å². The molecule has 0 unspecified atom stereocenters. The van der Waals surface area contributed by atoms with Gasteiger partial charge in [-0.25, -0.2) is 9.97 Å². The fourth-order valence-electron chi connectivity index (χ4n) is 5.81. The Labute approximate surface area is 301 Å². The van der Waals surface area contributed by atoms with E-state index < -0.39 is 8.07 Å². The number of hydrogen-bond acceptors (Lipinski definition) is 6. The molecular formula is C41H32N10Si. The maximum absolute atomic E-state index is 10.7. The standard InChI is InChI=1S/C41H32N10Si/c1-52(2,3)31-21-27(40(50-42)29-23-36(32-12-4-8-16-44-32)48-37(24-29)33-13-5-9-17-45-33)20-28(22-31)41(51-43)30-25-38(34-14-6-10-18-46-34)49-39(26-30)35-15-7-11-19-47-35/h4-26H,1-3H3. The number of benzene rings is 1. The van der Waals surface area contributed by atoms with Gasteiger partial charge in [-0.05, 0) is 91.0 Å². The first-order chi connectivity index (χ1) is 25.3. The zero-order valence-corrected chi connectivity index (χ0v) is 29.8. The third-order valence-electron chi connectivity index (χ3n) is 8.45. The van der Waals surface area contributed by atoms with E-state index in [9.17, 15) is 11.1 Å². The first kappa shape index (κ1) is 33.6. The van der Waals surface area contributed by atoms with Gasteiger partial charge < -0.3 is 11.1 Å². The Balaban J connectivity index is 1.41. The molecule has 0 spiro atoms. The quantitative estimate of drug-likeness (QED) is 0.0666. The van der Waals surface area contributed by atoms with E-state index in [0.29, 0.717) is 79.2 Å². The maximum atomic E-state index is 10.7. The summed E-state index contributed by atoms with van der Waals surface area (Å²) in [5, 5.41) is 1.07. The van der Waals surface area contributed by atoms with Crippen LogP contribution in [0.15, 0.2) is 140 Å². The van der Waals surface area contributed by atoms with E-state index in [1.807, 2.05) is 115 Å². The largest absolute Gasteiger partial charge is 0.361 e. The molecule has 0 aliphatic rings. The Morgan fingerprint density at radius 3 is 0.981 bits per heavy atom. The van der Waals surface area contributed by atoms with Gasteiger partial charge in [0.15, 0.2) is 0 Å². The highest BCUT2D eigenvalue weighted by Crippen LogP contribution is 2.27. The zero-order valence-electron chi connectivity index (χ0n) is 28.8. The van der Waals surface area contributed by atoms with Gasteiger partial charge in [0.2, 0.25) is 0 Å². The molecule has 250 valence electrons. The number of nitrogens with zero attached hydrogens (tertiary/aromatic N) is 10. The van der Waals surface area contributed by atoms with Crippen LogP contribution in [0.1, 0.15) is 22.3 Å². The summed E-state index contributed by atoms with van der Waals surface area (Å²) in [6, 6.07) is 35.9. The van der Waals surface area contributed by atoms with Crippen LogP contribution in [0.25, 0.3) is 56.6 Å². The van der Waals surface area contributed by atoms with Crippen LogP contribution < -0.4 is 5.19 Å². The van der Waals surface area contributed by atoms with Crippen molar-refractivity contribution in [1.82, 2.24) is 29.9 Å². The molecule has 6 heterocycles. The maximum Gasteiger partial charge on any atom is 0.329 e. The van der Waals surface area contributed by atoms with Gasteiger partial charge in [0.25, 0.3) is 0 Å². The van der Waals surface area contributed by atoms with Crippen LogP contribution in [0.5, 0.6) is 0 Å². The molecule has 0 aliphatic carbocycles. The van der Waals surface area contributed by atoms with Crippen molar-refractivity contribution in [2.75, 3.05) is 0 Å². The Kier molecular flexibility index (Phi) is 9.38. The van der Waals surface area contributed by atoms with Crippen LogP contribution in [0.4, 0.5) is 0 Å². The average molecular weight is 693 g/mol. The zero-order chi connectivity index (χ0) is 36.1. The van der Waals surface area contributed by atoms with E-state index in [0.717, 1.165) is 5.19 Å². The van der Waals surface area contributed by atoms with Gasteiger partial charge in [0, 0.05) is 24.8 Å². The lowest BCUT2D eigenvalue weighted by Gasteiger charge is -2.18. The van der Waals surface area contributed by atoms with Gasteiger partial charge in [0.1, 0.15) is 0 Å². The SMILES string of the molecule is C[Si](C)(C)c1cc(C(=[N+]=[N-])c2cc(-c3ccccn3)nc(-c3ccccn3)c2)cc(C(=[N+]=[N-])c2cc(-c3ccccn3)nc(-c3ccccn3)c2)c1. The molecule has 52 heavy (non-hydrogen) atoms. The topological polar surface area (TPSA) is 150 Å². The summed E-state index contributed by atoms with van der Waals surface area (Å²) in [5.74, 6) is 0. The van der Waals surface area contributed by atoms with Gasteiger partial charge in [-0.1, -0.05) is 49.1 Å². The molecular weight excluding hydrogens is 661 g/mol. The Morgan fingerprint density at radius 2 is 0.731 bits per heavy atom. The molecule has 0 bridgehead atoms. The lowest BCUT2D eigenvalue weighted by atomic mass is 9.95. The Bertz CT molecular complexity index is 2210. The van der Waals surface area contributed by atoms with Crippen LogP contribution in [-0.4, -0.2) is 59.0 Å². The molecule has 7 aromatic rings. The van der Waals surface area contributed by atoms with Crippen molar-refractivity contribution in [2.45, 2.75) is 19.6 Å². The third-order valence-corrected chi connectivity index (χ3v) is 10.5. The van der Waals surface area contributed by atoms with E-state index in [-0.39, 0.29) is 0 Å². The fourth-order valence-corrected chi connectivity index (χ4v) is 6.99. The Morgan fingerprint density at radius 1 is 0.423 bits per heavy atom. The summed E-state index contributed by atoms with van der Waals surface area (Å²) < 4.78 is 0. The molecule has 0 saturated heterocycles. The average Bonchev–Trinajstić information content (AvgIpc) is 3.19. The highest BCUT2D eigenvalue weighted by molar-refractivity contribution is 6.88. The summed E-state index contributed by atoms with van der Waals surface area (Å²) >= 11 is 0. The third kappa shape index (κ3) is 7.19. The Hall–Kier alpha value is -6.90.